The second-order valence-electron chi connectivity index (χ2n) is 17.1. The lowest BCUT2D eigenvalue weighted by Crippen LogP contribution is -2.08. The van der Waals surface area contributed by atoms with Gasteiger partial charge in [-0.15, -0.1) is 0 Å². The first-order chi connectivity index (χ1) is 39.9. The quantitative estimate of drug-likeness (QED) is 0.0152. The number of anilines is 9. The van der Waals surface area contributed by atoms with Crippen molar-refractivity contribution in [1.82, 2.24) is 49.5 Å². The predicted octanol–water partition coefficient (Wildman–Crippen LogP) is 9.30. The van der Waals surface area contributed by atoms with Gasteiger partial charge in [0.1, 0.15) is 79.2 Å². The first-order valence-corrected chi connectivity index (χ1v) is 25.2. The molecule has 5 aromatic heterocycles. The van der Waals surface area contributed by atoms with Crippen LogP contribution in [0.5, 0.6) is 0 Å². The molecule has 0 bridgehead atoms. The summed E-state index contributed by atoms with van der Waals surface area (Å²) in [6.45, 7) is 1.25. The van der Waals surface area contributed by atoms with E-state index in [-0.39, 0.29) is 35.6 Å². The topological polar surface area (TPSA) is 318 Å². The number of fused-ring (bicyclic) bond motifs is 2. The predicted molar refractivity (Wildman–Crippen MR) is 309 cm³/mol. The van der Waals surface area contributed by atoms with E-state index in [0.29, 0.717) is 70.6 Å². The maximum atomic E-state index is 13.9. The lowest BCUT2D eigenvalue weighted by Gasteiger charge is -2.12. The molecular weight excluding hydrogens is 1130 g/mol. The Morgan fingerprint density at radius 3 is 1.68 bits per heavy atom. The van der Waals surface area contributed by atoms with Crippen LogP contribution in [0.25, 0.3) is 21.8 Å². The highest BCUT2D eigenvalue weighted by atomic mass is 79.9. The number of benzene rings is 5. The summed E-state index contributed by atoms with van der Waals surface area (Å²) in [5, 5.41) is 48.0. The number of oxime groups is 3. The van der Waals surface area contributed by atoms with Crippen molar-refractivity contribution >= 4 is 108 Å². The highest BCUT2D eigenvalue weighted by Gasteiger charge is 2.15. The number of aliphatic hydroxyl groups excluding tert-OH is 1. The summed E-state index contributed by atoms with van der Waals surface area (Å²) in [5.74, 6) is 1.06. The molecule has 420 valence electrons. The first-order valence-electron chi connectivity index (χ1n) is 24.4. The van der Waals surface area contributed by atoms with E-state index in [1.54, 1.807) is 41.3 Å². The van der Waals surface area contributed by atoms with Gasteiger partial charge in [-0.25, -0.2) is 48.6 Å². The largest absolute Gasteiger partial charge is 0.411 e. The van der Waals surface area contributed by atoms with Crippen molar-refractivity contribution in [3.05, 3.63) is 184 Å². The van der Waals surface area contributed by atoms with Crippen LogP contribution in [0.1, 0.15) is 34.2 Å². The molecule has 10 aromatic rings. The van der Waals surface area contributed by atoms with Gasteiger partial charge in [0.15, 0.2) is 5.82 Å². The van der Waals surface area contributed by atoms with Gasteiger partial charge in [0.2, 0.25) is 0 Å². The molecule has 82 heavy (non-hydrogen) atoms. The number of hydrogen-bond donors (Lipinski definition) is 8. The van der Waals surface area contributed by atoms with Crippen molar-refractivity contribution in [2.75, 3.05) is 60.3 Å². The fraction of sp³-hybridized carbons (Fsp3) is 0.130. The molecule has 5 aromatic carbocycles. The van der Waals surface area contributed by atoms with Crippen molar-refractivity contribution < 1.29 is 38.0 Å². The molecule has 0 saturated carbocycles. The molecule has 10 N–H and O–H groups in total. The van der Waals surface area contributed by atoms with Crippen molar-refractivity contribution in [3.8, 4) is 0 Å². The highest BCUT2D eigenvalue weighted by Crippen LogP contribution is 2.29. The van der Waals surface area contributed by atoms with E-state index in [4.69, 9.17) is 31.5 Å². The average molecular weight is 1180 g/mol. The fourth-order valence-corrected chi connectivity index (χ4v) is 8.03. The van der Waals surface area contributed by atoms with Crippen LogP contribution in [0.15, 0.2) is 154 Å². The number of aliphatic hydroxyl groups is 1. The first kappa shape index (κ1) is 57.8. The molecule has 0 fully saturated rings. The molecule has 0 amide bonds. The molecule has 0 unspecified atom stereocenters. The lowest BCUT2D eigenvalue weighted by molar-refractivity contribution is 0.125. The molecule has 24 nitrogen and oxygen atoms in total. The molecule has 0 aliphatic carbocycles. The Bertz CT molecular complexity index is 3870. The standard InChI is InChI=1S/C22H22FN7O2.C19H16FN7O.C13H13BrFN5O2/c23-17-4-1-3-15(9-17)13-30-20-6-5-18(10-16(20)11-27-30)29-22-19(21(24)25-14-26-22)12-28-32-8-2-7-31;20-14-3-1-2-12(6-14)10-27-17-5-4-15(7-13(17)8-24-27)26-19-16(9-25-28)18(21)22-11-23-19;1-21-18-6-9-12(16-7-17-13(9)20-22-2)19-11-4-3-8(14)5-10(11)15/h1,3-6,9-12,14,31H,2,7-8,13H2,(H3,24,25,26,29);1-9,11,28H,10H2,(H3,21,22,23,26);3-7H,1-2H3,(H2,16,17,19,20)/b28-12+;25-9+;18-6+. The summed E-state index contributed by atoms with van der Waals surface area (Å²) in [7, 11) is 2.85. The van der Waals surface area contributed by atoms with Gasteiger partial charge in [-0.05, 0) is 90.0 Å². The highest BCUT2D eigenvalue weighted by molar-refractivity contribution is 9.10. The fourth-order valence-electron chi connectivity index (χ4n) is 7.69. The SMILES string of the molecule is CO/N=C/c1c(NOC)ncnc1Nc1ccc(Br)cc1F.Nc1ncnc(Nc2ccc3c(cnn3Cc3cccc(F)c3)c2)c1/C=N/O.Nc1ncnc(Nc2ccc3c(cnn3Cc3cccc(F)c3)c2)c1/C=N/OCCCO. The van der Waals surface area contributed by atoms with Crippen molar-refractivity contribution in [2.24, 2.45) is 15.5 Å². The summed E-state index contributed by atoms with van der Waals surface area (Å²) in [6, 6.07) is 29.0. The Labute approximate surface area is 473 Å². The van der Waals surface area contributed by atoms with E-state index in [2.05, 4.69) is 97.8 Å². The smallest absolute Gasteiger partial charge is 0.164 e. The van der Waals surface area contributed by atoms with Gasteiger partial charge < -0.3 is 47.4 Å². The van der Waals surface area contributed by atoms with E-state index < -0.39 is 5.82 Å². The molecule has 0 saturated heterocycles. The maximum Gasteiger partial charge on any atom is 0.164 e. The molecule has 28 heteroatoms. The van der Waals surface area contributed by atoms with Crippen molar-refractivity contribution in [3.63, 3.8) is 0 Å². The van der Waals surface area contributed by atoms with E-state index in [1.165, 1.54) is 82.2 Å². The number of nitrogens with zero attached hydrogens (tertiary/aromatic N) is 13. The van der Waals surface area contributed by atoms with Crippen LogP contribution in [-0.2, 0) is 27.6 Å². The number of rotatable bonds is 20. The Morgan fingerprint density at radius 2 is 1.16 bits per heavy atom. The van der Waals surface area contributed by atoms with Crippen LogP contribution in [0.2, 0.25) is 0 Å². The second kappa shape index (κ2) is 28.5. The van der Waals surface area contributed by atoms with Gasteiger partial charge in [0, 0.05) is 39.6 Å². The normalized spacial score (nSPS) is 11.2. The van der Waals surface area contributed by atoms with Crippen LogP contribution in [0, 0.1) is 17.5 Å². The molecule has 0 atom stereocenters. The summed E-state index contributed by atoms with van der Waals surface area (Å²) in [6.07, 6.45) is 12.0. The Balaban J connectivity index is 0.000000164. The Hall–Kier alpha value is -10.3. The van der Waals surface area contributed by atoms with Gasteiger partial charge in [-0.3, -0.25) is 14.2 Å². The van der Waals surface area contributed by atoms with Crippen LogP contribution >= 0.6 is 15.9 Å². The minimum absolute atomic E-state index is 0.0280. The van der Waals surface area contributed by atoms with Gasteiger partial charge in [0.25, 0.3) is 0 Å². The summed E-state index contributed by atoms with van der Waals surface area (Å²) in [4.78, 5) is 39.0. The summed E-state index contributed by atoms with van der Waals surface area (Å²) < 4.78 is 45.1. The Morgan fingerprint density at radius 1 is 0.622 bits per heavy atom. The zero-order chi connectivity index (χ0) is 57.8. The van der Waals surface area contributed by atoms with E-state index in [9.17, 15) is 13.2 Å². The number of hydrogen-bond acceptors (Lipinski definition) is 22. The lowest BCUT2D eigenvalue weighted by atomic mass is 10.2. The Kier molecular flexibility index (Phi) is 20.1. The van der Waals surface area contributed by atoms with Crippen molar-refractivity contribution in [2.45, 2.75) is 19.5 Å². The summed E-state index contributed by atoms with van der Waals surface area (Å²) >= 11 is 3.20. The monoisotopic (exact) mass is 1180 g/mol. The zero-order valence-electron chi connectivity index (χ0n) is 43.6. The minimum Gasteiger partial charge on any atom is -0.411 e. The third-order valence-electron chi connectivity index (χ3n) is 11.5. The molecule has 0 radical (unpaired) electrons. The zero-order valence-corrected chi connectivity index (χ0v) is 45.2. The van der Waals surface area contributed by atoms with Crippen molar-refractivity contribution in [1.29, 1.82) is 0 Å². The number of nitrogens with two attached hydrogens (primary N) is 2. The molecule has 5 heterocycles. The van der Waals surface area contributed by atoms with Crippen LogP contribution < -0.4 is 32.9 Å². The number of aromatic nitrogens is 10. The average Bonchev–Trinajstić information content (AvgIpc) is 4.29. The molecular formula is C54H51BrF3N19O5. The van der Waals surface area contributed by atoms with Crippen LogP contribution in [-0.4, -0.2) is 106 Å². The minimum atomic E-state index is -0.427. The maximum absolute atomic E-state index is 13.9. The second-order valence-corrected chi connectivity index (χ2v) is 18.0. The number of halogens is 4. The van der Waals surface area contributed by atoms with Gasteiger partial charge in [0.05, 0.1) is 84.6 Å². The van der Waals surface area contributed by atoms with Gasteiger partial charge >= 0.3 is 0 Å². The van der Waals surface area contributed by atoms with Gasteiger partial charge in [-0.1, -0.05) is 55.7 Å². The molecule has 0 aliphatic rings. The van der Waals surface area contributed by atoms with E-state index in [0.717, 1.165) is 44.3 Å². The number of nitrogens with one attached hydrogen (secondary N) is 4. The van der Waals surface area contributed by atoms with Crippen LogP contribution in [0.3, 0.4) is 0 Å². The summed E-state index contributed by atoms with van der Waals surface area (Å²) in [5.41, 5.74) is 21.0. The number of nitrogen functional groups attached to an aromatic ring is 2. The molecule has 10 rings (SSSR count). The third kappa shape index (κ3) is 15.5. The van der Waals surface area contributed by atoms with E-state index in [1.807, 2.05) is 53.2 Å². The van der Waals surface area contributed by atoms with E-state index >= 15 is 0 Å². The molecule has 0 aliphatic heterocycles. The third-order valence-corrected chi connectivity index (χ3v) is 12.0. The van der Waals surface area contributed by atoms with Gasteiger partial charge in [-0.2, -0.15) is 10.2 Å². The molecule has 0 spiro atoms. The van der Waals surface area contributed by atoms with Crippen LogP contribution in [0.4, 0.5) is 65.1 Å².